The maximum absolute atomic E-state index is 5.51. The van der Waals surface area contributed by atoms with Crippen LogP contribution in [0, 0.1) is 6.92 Å². The van der Waals surface area contributed by atoms with E-state index in [2.05, 4.69) is 19.9 Å². The molecule has 158 valence electrons. The van der Waals surface area contributed by atoms with Gasteiger partial charge in [-0.3, -0.25) is 4.90 Å². The van der Waals surface area contributed by atoms with E-state index in [9.17, 15) is 0 Å². The Morgan fingerprint density at radius 2 is 1.87 bits per heavy atom. The van der Waals surface area contributed by atoms with Gasteiger partial charge >= 0.3 is 0 Å². The number of rotatable bonds is 3. The van der Waals surface area contributed by atoms with E-state index in [0.29, 0.717) is 0 Å². The molecule has 0 radical (unpaired) electrons. The highest BCUT2D eigenvalue weighted by atomic mass is 32.1. The molecule has 0 unspecified atom stereocenters. The molecule has 0 aromatic carbocycles. The fraction of sp³-hybridized carbons (Fsp3) is 0.619. The monoisotopic (exact) mass is 425 g/mol. The fourth-order valence-electron chi connectivity index (χ4n) is 4.88. The van der Waals surface area contributed by atoms with Crippen molar-refractivity contribution in [2.24, 2.45) is 0 Å². The van der Waals surface area contributed by atoms with Crippen LogP contribution in [0.5, 0.6) is 0 Å². The molecule has 1 saturated heterocycles. The number of fused-ring (bicyclic) bond motifs is 4. The molecular weight excluding hydrogens is 398 g/mol. The molecule has 2 aliphatic heterocycles. The van der Waals surface area contributed by atoms with Gasteiger partial charge in [-0.2, -0.15) is 5.10 Å². The Morgan fingerprint density at radius 1 is 1.00 bits per heavy atom. The predicted molar refractivity (Wildman–Crippen MR) is 116 cm³/mol. The summed E-state index contributed by atoms with van der Waals surface area (Å²) in [5.74, 6) is 3.92. The van der Waals surface area contributed by atoms with Crippen LogP contribution in [0.15, 0.2) is 0 Å². The highest BCUT2D eigenvalue weighted by Gasteiger charge is 2.27. The first kappa shape index (κ1) is 18.7. The molecule has 30 heavy (non-hydrogen) atoms. The van der Waals surface area contributed by atoms with Gasteiger partial charge in [0.2, 0.25) is 0 Å². The molecule has 1 fully saturated rings. The molecule has 9 heteroatoms. The summed E-state index contributed by atoms with van der Waals surface area (Å²) in [4.78, 5) is 22.3. The SMILES string of the molecule is Cc1nc2n(n1)CCN(c1nc(CN3CCOCC3)nc3sc4c(c13)CCCC4)C2. The molecule has 3 aliphatic rings. The van der Waals surface area contributed by atoms with E-state index in [0.717, 1.165) is 82.2 Å². The quantitative estimate of drug-likeness (QED) is 0.638. The van der Waals surface area contributed by atoms with Crippen LogP contribution in [0.1, 0.15) is 40.8 Å². The number of thiophene rings is 1. The second kappa shape index (κ2) is 7.55. The molecule has 0 saturated carbocycles. The van der Waals surface area contributed by atoms with E-state index >= 15 is 0 Å². The van der Waals surface area contributed by atoms with Gasteiger partial charge in [0.1, 0.15) is 28.1 Å². The summed E-state index contributed by atoms with van der Waals surface area (Å²) in [7, 11) is 0. The predicted octanol–water partition coefficient (Wildman–Crippen LogP) is 2.32. The summed E-state index contributed by atoms with van der Waals surface area (Å²) >= 11 is 1.89. The van der Waals surface area contributed by atoms with Crippen molar-refractivity contribution in [3.8, 4) is 0 Å². The number of hydrogen-bond acceptors (Lipinski definition) is 8. The third-order valence-electron chi connectivity index (χ3n) is 6.38. The molecule has 0 amide bonds. The van der Waals surface area contributed by atoms with Gasteiger partial charge in [0.25, 0.3) is 0 Å². The van der Waals surface area contributed by atoms with Crippen LogP contribution < -0.4 is 4.90 Å². The molecule has 6 rings (SSSR count). The number of ether oxygens (including phenoxy) is 1. The molecule has 0 spiro atoms. The molecule has 0 bridgehead atoms. The average molecular weight is 426 g/mol. The first-order valence-corrected chi connectivity index (χ1v) is 11.8. The van der Waals surface area contributed by atoms with Crippen molar-refractivity contribution in [3.63, 3.8) is 0 Å². The van der Waals surface area contributed by atoms with Crippen LogP contribution in [0.2, 0.25) is 0 Å². The summed E-state index contributed by atoms with van der Waals surface area (Å²) < 4.78 is 7.56. The maximum atomic E-state index is 5.51. The smallest absolute Gasteiger partial charge is 0.147 e. The normalized spacial score (nSPS) is 19.8. The molecule has 3 aromatic rings. The molecule has 5 heterocycles. The lowest BCUT2D eigenvalue weighted by Gasteiger charge is -2.30. The van der Waals surface area contributed by atoms with E-state index in [1.54, 1.807) is 0 Å². The van der Waals surface area contributed by atoms with Gasteiger partial charge in [0, 0.05) is 24.5 Å². The number of aromatic nitrogens is 5. The Morgan fingerprint density at radius 3 is 2.77 bits per heavy atom. The van der Waals surface area contributed by atoms with Crippen molar-refractivity contribution >= 4 is 27.4 Å². The third-order valence-corrected chi connectivity index (χ3v) is 7.56. The van der Waals surface area contributed by atoms with Crippen molar-refractivity contribution in [1.29, 1.82) is 0 Å². The Hall–Kier alpha value is -2.10. The molecule has 0 atom stereocenters. The van der Waals surface area contributed by atoms with Gasteiger partial charge < -0.3 is 9.64 Å². The zero-order valence-electron chi connectivity index (χ0n) is 17.4. The second-order valence-electron chi connectivity index (χ2n) is 8.46. The van der Waals surface area contributed by atoms with Crippen LogP contribution in [0.4, 0.5) is 5.82 Å². The summed E-state index contributed by atoms with van der Waals surface area (Å²) in [5.41, 5.74) is 1.50. The summed E-state index contributed by atoms with van der Waals surface area (Å²) in [5, 5.41) is 5.82. The maximum Gasteiger partial charge on any atom is 0.147 e. The lowest BCUT2D eigenvalue weighted by Crippen LogP contribution is -2.37. The van der Waals surface area contributed by atoms with Gasteiger partial charge in [0.05, 0.1) is 38.2 Å². The number of anilines is 1. The largest absolute Gasteiger partial charge is 0.379 e. The summed E-state index contributed by atoms with van der Waals surface area (Å²) in [6.45, 7) is 8.76. The fourth-order valence-corrected chi connectivity index (χ4v) is 6.16. The number of morpholine rings is 1. The summed E-state index contributed by atoms with van der Waals surface area (Å²) in [6.07, 6.45) is 4.89. The standard InChI is InChI=1S/C21H27N7OS/c1-14-22-18-13-27(6-7-28(18)25-14)20-19-15-4-2-3-5-16(15)30-21(19)24-17(23-20)12-26-8-10-29-11-9-26/h2-13H2,1H3. The first-order chi connectivity index (χ1) is 14.7. The Bertz CT molecular complexity index is 1080. The van der Waals surface area contributed by atoms with E-state index in [4.69, 9.17) is 14.7 Å². The van der Waals surface area contributed by atoms with E-state index in [1.165, 1.54) is 39.9 Å². The van der Waals surface area contributed by atoms with Crippen molar-refractivity contribution in [2.45, 2.75) is 52.2 Å². The molecule has 8 nitrogen and oxygen atoms in total. The number of aryl methyl sites for hydroxylation is 3. The Kier molecular flexibility index (Phi) is 4.69. The number of nitrogens with zero attached hydrogens (tertiary/aromatic N) is 7. The molecular formula is C21H27N7OS. The Balaban J connectivity index is 1.42. The lowest BCUT2D eigenvalue weighted by atomic mass is 9.97. The lowest BCUT2D eigenvalue weighted by molar-refractivity contribution is 0.0331. The van der Waals surface area contributed by atoms with Crippen molar-refractivity contribution in [2.75, 3.05) is 37.7 Å². The highest BCUT2D eigenvalue weighted by Crippen LogP contribution is 2.40. The average Bonchev–Trinajstić information content (AvgIpc) is 3.32. The van der Waals surface area contributed by atoms with E-state index in [1.807, 2.05) is 22.9 Å². The van der Waals surface area contributed by atoms with Crippen molar-refractivity contribution in [3.05, 3.63) is 27.9 Å². The topological polar surface area (TPSA) is 72.2 Å². The van der Waals surface area contributed by atoms with Crippen LogP contribution >= 0.6 is 11.3 Å². The zero-order chi connectivity index (χ0) is 20.1. The van der Waals surface area contributed by atoms with Crippen molar-refractivity contribution in [1.82, 2.24) is 29.6 Å². The van der Waals surface area contributed by atoms with Gasteiger partial charge in [-0.05, 0) is 38.2 Å². The minimum atomic E-state index is 0.758. The zero-order valence-corrected chi connectivity index (χ0v) is 18.2. The number of hydrogen-bond donors (Lipinski definition) is 0. The second-order valence-corrected chi connectivity index (χ2v) is 9.55. The summed E-state index contributed by atoms with van der Waals surface area (Å²) in [6, 6.07) is 0. The van der Waals surface area contributed by atoms with Crippen LogP contribution in [-0.4, -0.2) is 62.5 Å². The minimum Gasteiger partial charge on any atom is -0.379 e. The van der Waals surface area contributed by atoms with E-state index < -0.39 is 0 Å². The van der Waals surface area contributed by atoms with Gasteiger partial charge in [0.15, 0.2) is 0 Å². The minimum absolute atomic E-state index is 0.758. The Labute approximate surface area is 179 Å². The molecule has 3 aromatic heterocycles. The third kappa shape index (κ3) is 3.29. The van der Waals surface area contributed by atoms with Crippen LogP contribution in [0.3, 0.4) is 0 Å². The van der Waals surface area contributed by atoms with Gasteiger partial charge in [-0.15, -0.1) is 11.3 Å². The van der Waals surface area contributed by atoms with Gasteiger partial charge in [-0.25, -0.2) is 19.6 Å². The molecule has 0 N–H and O–H groups in total. The van der Waals surface area contributed by atoms with Crippen LogP contribution in [0.25, 0.3) is 10.2 Å². The first-order valence-electron chi connectivity index (χ1n) is 11.0. The van der Waals surface area contributed by atoms with Crippen LogP contribution in [-0.2, 0) is 37.2 Å². The van der Waals surface area contributed by atoms with Gasteiger partial charge in [-0.1, -0.05) is 0 Å². The van der Waals surface area contributed by atoms with Crippen molar-refractivity contribution < 1.29 is 4.74 Å². The van der Waals surface area contributed by atoms with E-state index in [-0.39, 0.29) is 0 Å². The molecule has 1 aliphatic carbocycles. The highest BCUT2D eigenvalue weighted by molar-refractivity contribution is 7.19.